The van der Waals surface area contributed by atoms with Crippen molar-refractivity contribution < 1.29 is 9.53 Å². The number of pyridine rings is 1. The molecule has 0 saturated heterocycles. The normalized spacial score (nSPS) is 19.3. The van der Waals surface area contributed by atoms with Crippen molar-refractivity contribution in [1.82, 2.24) is 14.9 Å². The summed E-state index contributed by atoms with van der Waals surface area (Å²) >= 11 is 1.52. The number of hydrogen-bond donors (Lipinski definition) is 2. The first-order chi connectivity index (χ1) is 16.3. The standard InChI is InChI=1S/C27H35N3O3S/c1-16-14-24(34-5)22(26(31)29-16)15-28-27(32)25-18(3)30(23-9-7-6-8-21(23)25)17(2)19-10-12-20(33-4)13-11-19/h6-9,14,17,19-20H,10-13,15H2,1-5H3,(H,28,32)(H,29,31)/t17-,19?,20?/m1/s1. The van der Waals surface area contributed by atoms with Crippen LogP contribution in [0, 0.1) is 19.8 Å². The minimum atomic E-state index is -0.149. The number of carbonyl (C=O) groups is 1. The molecule has 1 saturated carbocycles. The first kappa shape index (κ1) is 24.6. The molecule has 0 aliphatic heterocycles. The van der Waals surface area contributed by atoms with E-state index in [1.54, 1.807) is 7.11 Å². The van der Waals surface area contributed by atoms with E-state index < -0.39 is 0 Å². The molecule has 2 N–H and O–H groups in total. The van der Waals surface area contributed by atoms with Gasteiger partial charge in [0.05, 0.1) is 11.7 Å². The smallest absolute Gasteiger partial charge is 0.254 e. The summed E-state index contributed by atoms with van der Waals surface area (Å²) < 4.78 is 7.90. The zero-order valence-electron chi connectivity index (χ0n) is 20.7. The van der Waals surface area contributed by atoms with Gasteiger partial charge in [-0.1, -0.05) is 18.2 Å². The molecular formula is C27H35N3O3S. The van der Waals surface area contributed by atoms with E-state index in [0.717, 1.165) is 52.9 Å². The summed E-state index contributed by atoms with van der Waals surface area (Å²) in [6.45, 7) is 6.37. The third-order valence-corrected chi connectivity index (χ3v) is 8.20. The lowest BCUT2D eigenvalue weighted by Gasteiger charge is -2.33. The monoisotopic (exact) mass is 481 g/mol. The molecular weight excluding hydrogens is 446 g/mol. The summed E-state index contributed by atoms with van der Waals surface area (Å²) in [6, 6.07) is 10.4. The van der Waals surface area contributed by atoms with Crippen LogP contribution in [0.25, 0.3) is 10.9 Å². The van der Waals surface area contributed by atoms with Gasteiger partial charge in [-0.3, -0.25) is 9.59 Å². The first-order valence-electron chi connectivity index (χ1n) is 12.0. The van der Waals surface area contributed by atoms with Crippen molar-refractivity contribution in [1.29, 1.82) is 0 Å². The largest absolute Gasteiger partial charge is 0.381 e. The van der Waals surface area contributed by atoms with Gasteiger partial charge in [-0.05, 0) is 70.8 Å². The molecule has 0 radical (unpaired) electrons. The fraction of sp³-hybridized carbons (Fsp3) is 0.481. The molecule has 1 aliphatic rings. The second kappa shape index (κ2) is 10.4. The molecule has 1 fully saturated rings. The number of aromatic amines is 1. The number of carbonyl (C=O) groups excluding carboxylic acids is 1. The van der Waals surface area contributed by atoms with Crippen LogP contribution in [-0.2, 0) is 11.3 Å². The average molecular weight is 482 g/mol. The number of para-hydroxylation sites is 1. The van der Waals surface area contributed by atoms with Gasteiger partial charge in [-0.2, -0.15) is 0 Å². The van der Waals surface area contributed by atoms with Crippen LogP contribution in [-0.4, -0.2) is 34.9 Å². The van der Waals surface area contributed by atoms with Crippen LogP contribution in [0.3, 0.4) is 0 Å². The number of nitrogens with zero attached hydrogens (tertiary/aromatic N) is 1. The van der Waals surface area contributed by atoms with Crippen LogP contribution >= 0.6 is 11.8 Å². The fourth-order valence-corrected chi connectivity index (χ4v) is 6.22. The molecule has 0 unspecified atom stereocenters. The minimum Gasteiger partial charge on any atom is -0.381 e. The number of thioether (sulfide) groups is 1. The number of benzene rings is 1. The Kier molecular flexibility index (Phi) is 7.53. The van der Waals surface area contributed by atoms with E-state index in [1.807, 2.05) is 44.4 Å². The average Bonchev–Trinajstić information content (AvgIpc) is 3.14. The van der Waals surface area contributed by atoms with Gasteiger partial charge >= 0.3 is 0 Å². The number of methoxy groups -OCH3 is 1. The first-order valence-corrected chi connectivity index (χ1v) is 13.3. The van der Waals surface area contributed by atoms with Gasteiger partial charge in [0.25, 0.3) is 11.5 Å². The summed E-state index contributed by atoms with van der Waals surface area (Å²) in [5.74, 6) is 0.404. The molecule has 34 heavy (non-hydrogen) atoms. The number of aryl methyl sites for hydroxylation is 1. The highest BCUT2D eigenvalue weighted by molar-refractivity contribution is 7.98. The molecule has 1 amide bonds. The maximum atomic E-state index is 13.5. The third kappa shape index (κ3) is 4.68. The Morgan fingerprint density at radius 2 is 1.94 bits per heavy atom. The molecule has 1 atom stereocenters. The van der Waals surface area contributed by atoms with E-state index in [0.29, 0.717) is 23.1 Å². The number of amides is 1. The van der Waals surface area contributed by atoms with Crippen LogP contribution in [0.5, 0.6) is 0 Å². The van der Waals surface area contributed by atoms with Crippen molar-refractivity contribution in [3.63, 3.8) is 0 Å². The van der Waals surface area contributed by atoms with Crippen LogP contribution < -0.4 is 10.9 Å². The van der Waals surface area contributed by atoms with Crippen LogP contribution in [0.1, 0.15) is 66.0 Å². The number of hydrogen-bond acceptors (Lipinski definition) is 4. The SMILES string of the molecule is COC1CCC([C@@H](C)n2c(C)c(C(=O)NCc3c(SC)cc(C)[nH]c3=O)c3ccccc32)CC1. The predicted molar refractivity (Wildman–Crippen MR) is 139 cm³/mol. The molecule has 0 bridgehead atoms. The van der Waals surface area contributed by atoms with Crippen molar-refractivity contribution in [2.45, 2.75) is 70.0 Å². The highest BCUT2D eigenvalue weighted by Gasteiger charge is 2.29. The fourth-order valence-electron chi connectivity index (χ4n) is 5.51. The van der Waals surface area contributed by atoms with Crippen molar-refractivity contribution in [3.05, 3.63) is 63.2 Å². The number of nitrogens with one attached hydrogen (secondary N) is 2. The molecule has 1 aliphatic carbocycles. The van der Waals surface area contributed by atoms with E-state index in [2.05, 4.69) is 27.9 Å². The third-order valence-electron chi connectivity index (χ3n) is 7.40. The Morgan fingerprint density at radius 3 is 2.62 bits per heavy atom. The van der Waals surface area contributed by atoms with Gasteiger partial charge in [0.2, 0.25) is 0 Å². The Balaban J connectivity index is 1.63. The lowest BCUT2D eigenvalue weighted by Crippen LogP contribution is -2.29. The molecule has 7 heteroatoms. The number of fused-ring (bicyclic) bond motifs is 1. The second-order valence-electron chi connectivity index (χ2n) is 9.37. The van der Waals surface area contributed by atoms with Crippen LogP contribution in [0.2, 0.25) is 0 Å². The highest BCUT2D eigenvalue weighted by atomic mass is 32.2. The summed E-state index contributed by atoms with van der Waals surface area (Å²) in [7, 11) is 1.80. The maximum absolute atomic E-state index is 13.5. The zero-order chi connectivity index (χ0) is 24.4. The van der Waals surface area contributed by atoms with Crippen LogP contribution in [0.15, 0.2) is 40.0 Å². The lowest BCUT2D eigenvalue weighted by molar-refractivity contribution is 0.0492. The molecule has 182 valence electrons. The van der Waals surface area contributed by atoms with Crippen molar-refractivity contribution in [2.24, 2.45) is 5.92 Å². The Bertz CT molecular complexity index is 1240. The van der Waals surface area contributed by atoms with Gasteiger partial charge < -0.3 is 19.6 Å². The van der Waals surface area contributed by atoms with Gasteiger partial charge in [0.1, 0.15) is 0 Å². The molecule has 2 heterocycles. The van der Waals surface area contributed by atoms with Gasteiger partial charge in [0, 0.05) is 52.4 Å². The Morgan fingerprint density at radius 1 is 1.24 bits per heavy atom. The molecule has 3 aromatic rings. The number of H-pyrrole nitrogens is 1. The predicted octanol–water partition coefficient (Wildman–Crippen LogP) is 5.36. The highest BCUT2D eigenvalue weighted by Crippen LogP contribution is 2.38. The molecule has 0 spiro atoms. The molecule has 1 aromatic carbocycles. The van der Waals surface area contributed by atoms with Crippen molar-refractivity contribution in [3.8, 4) is 0 Å². The van der Waals surface area contributed by atoms with E-state index in [9.17, 15) is 9.59 Å². The lowest BCUT2D eigenvalue weighted by atomic mass is 9.83. The van der Waals surface area contributed by atoms with Crippen molar-refractivity contribution >= 4 is 28.6 Å². The molecule has 6 nitrogen and oxygen atoms in total. The zero-order valence-corrected chi connectivity index (χ0v) is 21.6. The van der Waals surface area contributed by atoms with E-state index in [-0.39, 0.29) is 24.1 Å². The van der Waals surface area contributed by atoms with Gasteiger partial charge in [0.15, 0.2) is 0 Å². The van der Waals surface area contributed by atoms with Gasteiger partial charge in [-0.25, -0.2) is 0 Å². The second-order valence-corrected chi connectivity index (χ2v) is 10.2. The number of rotatable bonds is 7. The quantitative estimate of drug-likeness (QED) is 0.445. The van der Waals surface area contributed by atoms with Gasteiger partial charge in [-0.15, -0.1) is 11.8 Å². The van der Waals surface area contributed by atoms with E-state index >= 15 is 0 Å². The Labute approximate surface area is 205 Å². The maximum Gasteiger partial charge on any atom is 0.254 e. The van der Waals surface area contributed by atoms with Crippen molar-refractivity contribution in [2.75, 3.05) is 13.4 Å². The summed E-state index contributed by atoms with van der Waals surface area (Å²) in [5, 5.41) is 3.98. The van der Waals surface area contributed by atoms with Crippen LogP contribution in [0.4, 0.5) is 0 Å². The summed E-state index contributed by atoms with van der Waals surface area (Å²) in [5.41, 5.74) is 4.02. The molecule has 2 aromatic heterocycles. The van der Waals surface area contributed by atoms with E-state index in [1.165, 1.54) is 11.8 Å². The van der Waals surface area contributed by atoms with E-state index in [4.69, 9.17) is 4.74 Å². The molecule has 4 rings (SSSR count). The number of ether oxygens (including phenoxy) is 1. The minimum absolute atomic E-state index is 0.144. The Hall–Kier alpha value is -2.51. The topological polar surface area (TPSA) is 76.1 Å². The summed E-state index contributed by atoms with van der Waals surface area (Å²) in [4.78, 5) is 29.7. The summed E-state index contributed by atoms with van der Waals surface area (Å²) in [6.07, 6.45) is 6.73. The number of aromatic nitrogens is 2.